The molecule has 0 aliphatic rings. The van der Waals surface area contributed by atoms with Gasteiger partial charge in [-0.2, -0.15) is 0 Å². The third-order valence-corrected chi connectivity index (χ3v) is 4.56. The normalized spacial score (nSPS) is 10.2. The molecule has 0 heterocycles. The molecule has 0 aliphatic carbocycles. The minimum atomic E-state index is -0.506. The second-order valence-electron chi connectivity index (χ2n) is 7.51. The molecule has 0 spiro atoms. The van der Waals surface area contributed by atoms with Crippen LogP contribution >= 0.6 is 0 Å². The number of hydrogen-bond donors (Lipinski definition) is 4. The molecular weight excluding hydrogens is 439 g/mol. The van der Waals surface area contributed by atoms with Gasteiger partial charge in [0.25, 0.3) is 11.8 Å². The molecule has 4 N–H and O–H groups in total. The topological polar surface area (TPSA) is 116 Å². The molecule has 3 rings (SSSR count). The molecule has 174 valence electrons. The first-order chi connectivity index (χ1) is 16.2. The number of halogens is 1. The quantitative estimate of drug-likeness (QED) is 0.426. The van der Waals surface area contributed by atoms with E-state index >= 15 is 0 Å². The Morgan fingerprint density at radius 1 is 0.676 bits per heavy atom. The fourth-order valence-electron chi connectivity index (χ4n) is 3.19. The fraction of sp³-hybridized carbons (Fsp3) is 0.120. The van der Waals surface area contributed by atoms with Gasteiger partial charge in [-0.25, -0.2) is 4.39 Å². The van der Waals surface area contributed by atoms with Gasteiger partial charge in [0.05, 0.1) is 0 Å². The molecule has 3 aromatic carbocycles. The first-order valence-corrected chi connectivity index (χ1v) is 10.3. The van der Waals surface area contributed by atoms with Gasteiger partial charge < -0.3 is 21.3 Å². The van der Waals surface area contributed by atoms with Crippen LogP contribution in [0.1, 0.15) is 40.1 Å². The molecule has 0 aliphatic heterocycles. The number of benzene rings is 3. The molecule has 9 heteroatoms. The van der Waals surface area contributed by atoms with E-state index in [0.717, 1.165) is 6.07 Å². The predicted molar refractivity (Wildman–Crippen MR) is 127 cm³/mol. The van der Waals surface area contributed by atoms with Gasteiger partial charge in [0, 0.05) is 48.6 Å². The van der Waals surface area contributed by atoms with Crippen LogP contribution in [0, 0.1) is 5.82 Å². The predicted octanol–water partition coefficient (Wildman–Crippen LogP) is 3.92. The number of carbonyl (C=O) groups excluding carboxylic acids is 4. The molecule has 34 heavy (non-hydrogen) atoms. The highest BCUT2D eigenvalue weighted by atomic mass is 19.1. The lowest BCUT2D eigenvalue weighted by Gasteiger charge is -2.12. The number of amides is 4. The van der Waals surface area contributed by atoms with E-state index in [1.54, 1.807) is 30.3 Å². The van der Waals surface area contributed by atoms with E-state index in [2.05, 4.69) is 21.3 Å². The Hall–Kier alpha value is -4.53. The lowest BCUT2D eigenvalue weighted by Crippen LogP contribution is -2.23. The first kappa shape index (κ1) is 24.1. The van der Waals surface area contributed by atoms with Crippen LogP contribution in [0.3, 0.4) is 0 Å². The highest BCUT2D eigenvalue weighted by Crippen LogP contribution is 2.20. The number of hydrogen-bond acceptors (Lipinski definition) is 4. The molecule has 3 aromatic rings. The van der Waals surface area contributed by atoms with Crippen molar-refractivity contribution in [3.63, 3.8) is 0 Å². The fourth-order valence-corrected chi connectivity index (χ4v) is 3.19. The molecule has 0 aromatic heterocycles. The molecule has 0 saturated heterocycles. The van der Waals surface area contributed by atoms with Crippen molar-refractivity contribution in [2.24, 2.45) is 0 Å². The minimum absolute atomic E-state index is 0.155. The van der Waals surface area contributed by atoms with Crippen LogP contribution in [0.2, 0.25) is 0 Å². The summed E-state index contributed by atoms with van der Waals surface area (Å²) in [6.45, 7) is 2.83. The maximum absolute atomic E-state index is 13.4. The minimum Gasteiger partial charge on any atom is -0.348 e. The van der Waals surface area contributed by atoms with Gasteiger partial charge in [0.2, 0.25) is 11.8 Å². The van der Waals surface area contributed by atoms with E-state index in [4.69, 9.17) is 0 Å². The third kappa shape index (κ3) is 6.99. The maximum atomic E-state index is 13.4. The lowest BCUT2D eigenvalue weighted by molar-refractivity contribution is -0.115. The summed E-state index contributed by atoms with van der Waals surface area (Å²) in [4.78, 5) is 47.9. The van der Waals surface area contributed by atoms with Crippen molar-refractivity contribution < 1.29 is 23.6 Å². The Labute approximate surface area is 195 Å². The molecular formula is C25H23FN4O4. The summed E-state index contributed by atoms with van der Waals surface area (Å²) in [5, 5.41) is 10.7. The Kier molecular flexibility index (Phi) is 7.71. The summed E-state index contributed by atoms with van der Waals surface area (Å²) >= 11 is 0. The van der Waals surface area contributed by atoms with Crippen LogP contribution in [-0.2, 0) is 16.1 Å². The molecule has 0 saturated carbocycles. The lowest BCUT2D eigenvalue weighted by atomic mass is 10.1. The summed E-state index contributed by atoms with van der Waals surface area (Å²) in [6, 6.07) is 16.8. The van der Waals surface area contributed by atoms with E-state index < -0.39 is 17.6 Å². The van der Waals surface area contributed by atoms with Crippen LogP contribution in [0.25, 0.3) is 0 Å². The number of carbonyl (C=O) groups is 4. The summed E-state index contributed by atoms with van der Waals surface area (Å²) in [7, 11) is 0. The average molecular weight is 462 g/mol. The van der Waals surface area contributed by atoms with Crippen molar-refractivity contribution in [1.82, 2.24) is 5.32 Å². The SMILES string of the molecule is CC(=O)Nc1cc(NC(C)=O)cc(C(=O)NCc2cccc(NC(=O)c3cccc(F)c3)c2)c1. The summed E-state index contributed by atoms with van der Waals surface area (Å²) in [5.41, 5.74) is 2.36. The zero-order chi connectivity index (χ0) is 24.7. The average Bonchev–Trinajstić information content (AvgIpc) is 2.76. The number of anilines is 3. The highest BCUT2D eigenvalue weighted by Gasteiger charge is 2.12. The van der Waals surface area contributed by atoms with Gasteiger partial charge in [0.1, 0.15) is 5.82 Å². The molecule has 4 amide bonds. The van der Waals surface area contributed by atoms with Crippen molar-refractivity contribution >= 4 is 40.7 Å². The third-order valence-electron chi connectivity index (χ3n) is 4.56. The zero-order valence-corrected chi connectivity index (χ0v) is 18.6. The van der Waals surface area contributed by atoms with Crippen LogP contribution in [0.5, 0.6) is 0 Å². The number of rotatable bonds is 7. The summed E-state index contributed by atoms with van der Waals surface area (Å²) < 4.78 is 13.4. The largest absolute Gasteiger partial charge is 0.348 e. The molecule has 8 nitrogen and oxygen atoms in total. The van der Waals surface area contributed by atoms with Gasteiger partial charge in [-0.1, -0.05) is 18.2 Å². The molecule has 0 unspecified atom stereocenters. The molecule has 0 bridgehead atoms. The monoisotopic (exact) mass is 462 g/mol. The zero-order valence-electron chi connectivity index (χ0n) is 18.6. The van der Waals surface area contributed by atoms with E-state index in [0.29, 0.717) is 22.6 Å². The second kappa shape index (κ2) is 10.9. The van der Waals surface area contributed by atoms with Crippen molar-refractivity contribution in [3.05, 3.63) is 89.2 Å². The molecule has 0 atom stereocenters. The van der Waals surface area contributed by atoms with Gasteiger partial charge in [0.15, 0.2) is 0 Å². The molecule has 0 fully saturated rings. The van der Waals surface area contributed by atoms with Crippen molar-refractivity contribution in [1.29, 1.82) is 0 Å². The Balaban J connectivity index is 1.69. The van der Waals surface area contributed by atoms with E-state index in [1.165, 1.54) is 44.2 Å². The summed E-state index contributed by atoms with van der Waals surface area (Å²) in [5.74, 6) is -2.02. The van der Waals surface area contributed by atoms with Gasteiger partial charge in [-0.3, -0.25) is 19.2 Å². The van der Waals surface area contributed by atoms with E-state index in [1.807, 2.05) is 0 Å². The standard InChI is InChI=1S/C25H23FN4O4/c1-15(31)28-22-11-19(12-23(13-22)29-16(2)32)24(33)27-14-17-5-3-8-21(9-17)30-25(34)18-6-4-7-20(26)10-18/h3-13H,14H2,1-2H3,(H,27,33)(H,28,31)(H,29,32)(H,30,34). The van der Waals surface area contributed by atoms with Gasteiger partial charge in [-0.15, -0.1) is 0 Å². The Bertz CT molecular complexity index is 1220. The Morgan fingerprint density at radius 3 is 1.94 bits per heavy atom. The van der Waals surface area contributed by atoms with E-state index in [9.17, 15) is 23.6 Å². The molecule has 0 radical (unpaired) electrons. The summed E-state index contributed by atoms with van der Waals surface area (Å²) in [6.07, 6.45) is 0. The Morgan fingerprint density at radius 2 is 1.32 bits per heavy atom. The van der Waals surface area contributed by atoms with Crippen molar-refractivity contribution in [2.45, 2.75) is 20.4 Å². The van der Waals surface area contributed by atoms with Gasteiger partial charge >= 0.3 is 0 Å². The van der Waals surface area contributed by atoms with Crippen LogP contribution in [0.4, 0.5) is 21.5 Å². The van der Waals surface area contributed by atoms with Crippen LogP contribution < -0.4 is 21.3 Å². The maximum Gasteiger partial charge on any atom is 0.255 e. The smallest absolute Gasteiger partial charge is 0.255 e. The van der Waals surface area contributed by atoms with Crippen LogP contribution in [-0.4, -0.2) is 23.6 Å². The van der Waals surface area contributed by atoms with Crippen molar-refractivity contribution in [2.75, 3.05) is 16.0 Å². The van der Waals surface area contributed by atoms with Crippen molar-refractivity contribution in [3.8, 4) is 0 Å². The van der Waals surface area contributed by atoms with Crippen LogP contribution in [0.15, 0.2) is 66.7 Å². The van der Waals surface area contributed by atoms with E-state index in [-0.39, 0.29) is 29.5 Å². The second-order valence-corrected chi connectivity index (χ2v) is 7.51. The first-order valence-electron chi connectivity index (χ1n) is 10.3. The van der Waals surface area contributed by atoms with Gasteiger partial charge in [-0.05, 0) is 54.1 Å². The highest BCUT2D eigenvalue weighted by molar-refractivity contribution is 6.04. The number of nitrogens with one attached hydrogen (secondary N) is 4.